The van der Waals surface area contributed by atoms with Crippen molar-refractivity contribution in [2.75, 3.05) is 7.11 Å². The predicted molar refractivity (Wildman–Crippen MR) is 96.5 cm³/mol. The van der Waals surface area contributed by atoms with Gasteiger partial charge in [-0.05, 0) is 30.5 Å². The summed E-state index contributed by atoms with van der Waals surface area (Å²) >= 11 is 0. The summed E-state index contributed by atoms with van der Waals surface area (Å²) in [6.07, 6.45) is 15.0. The molecule has 3 heteroatoms. The number of rotatable bonds is 11. The maximum atomic E-state index is 11.7. The summed E-state index contributed by atoms with van der Waals surface area (Å²) < 4.78 is 5.16. The third kappa shape index (κ3) is 9.56. The van der Waals surface area contributed by atoms with Gasteiger partial charge in [0.05, 0.1) is 7.11 Å². The Kier molecular flexibility index (Phi) is 10.3. The van der Waals surface area contributed by atoms with Gasteiger partial charge in [-0.15, -0.1) is 0 Å². The molecule has 0 heterocycles. The lowest BCUT2D eigenvalue weighted by Crippen LogP contribution is -2.20. The van der Waals surface area contributed by atoms with Crippen LogP contribution >= 0.6 is 0 Å². The predicted octanol–water partition coefficient (Wildman–Crippen LogP) is 4.78. The van der Waals surface area contributed by atoms with Gasteiger partial charge in [-0.1, -0.05) is 63.0 Å². The highest BCUT2D eigenvalue weighted by atomic mass is 16.5. The molecule has 0 saturated carbocycles. The van der Waals surface area contributed by atoms with Gasteiger partial charge >= 0.3 is 0 Å². The van der Waals surface area contributed by atoms with Gasteiger partial charge < -0.3 is 10.1 Å². The van der Waals surface area contributed by atoms with Crippen molar-refractivity contribution in [2.24, 2.45) is 0 Å². The van der Waals surface area contributed by atoms with E-state index in [1.807, 2.05) is 30.3 Å². The van der Waals surface area contributed by atoms with E-state index in [4.69, 9.17) is 4.74 Å². The molecule has 1 aromatic rings. The van der Waals surface area contributed by atoms with Crippen LogP contribution in [0.5, 0.6) is 5.75 Å². The Morgan fingerprint density at radius 2 is 2.00 bits per heavy atom. The van der Waals surface area contributed by atoms with E-state index in [0.29, 0.717) is 6.54 Å². The second-order valence-electron chi connectivity index (χ2n) is 5.56. The van der Waals surface area contributed by atoms with Gasteiger partial charge in [0.25, 0.3) is 0 Å². The van der Waals surface area contributed by atoms with E-state index in [1.54, 1.807) is 19.3 Å². The van der Waals surface area contributed by atoms with Crippen molar-refractivity contribution in [1.82, 2.24) is 5.32 Å². The van der Waals surface area contributed by atoms with Crippen LogP contribution in [0.25, 0.3) is 0 Å². The fourth-order valence-electron chi connectivity index (χ4n) is 2.21. The first-order valence-corrected chi connectivity index (χ1v) is 8.50. The molecule has 0 aromatic heterocycles. The lowest BCUT2D eigenvalue weighted by atomic mass is 10.1. The van der Waals surface area contributed by atoms with Crippen LogP contribution in [0.1, 0.15) is 51.0 Å². The third-order valence-electron chi connectivity index (χ3n) is 3.57. The Labute approximate surface area is 140 Å². The largest absolute Gasteiger partial charge is 0.497 e. The normalized spacial score (nSPS) is 11.2. The SMILES string of the molecule is CCCCCCC/C=C/C=C/C(=O)NCc1cccc(OC)c1. The van der Waals surface area contributed by atoms with E-state index in [1.165, 1.54) is 32.1 Å². The van der Waals surface area contributed by atoms with E-state index in [0.717, 1.165) is 17.7 Å². The molecule has 0 unspecified atom stereocenters. The van der Waals surface area contributed by atoms with Gasteiger partial charge in [-0.3, -0.25) is 4.79 Å². The van der Waals surface area contributed by atoms with Crippen molar-refractivity contribution in [1.29, 1.82) is 0 Å². The number of hydrogen-bond donors (Lipinski definition) is 1. The molecule has 0 saturated heterocycles. The van der Waals surface area contributed by atoms with Crippen LogP contribution < -0.4 is 10.1 Å². The van der Waals surface area contributed by atoms with Crippen molar-refractivity contribution in [3.8, 4) is 5.75 Å². The molecular formula is C20H29NO2. The molecule has 0 aliphatic rings. The van der Waals surface area contributed by atoms with E-state index in [2.05, 4.69) is 18.3 Å². The molecule has 1 rings (SSSR count). The summed E-state index contributed by atoms with van der Waals surface area (Å²) in [7, 11) is 1.64. The number of hydrogen-bond acceptors (Lipinski definition) is 2. The molecule has 1 aromatic carbocycles. The second-order valence-corrected chi connectivity index (χ2v) is 5.56. The molecule has 0 spiro atoms. The van der Waals surface area contributed by atoms with Crippen LogP contribution in [0.15, 0.2) is 48.6 Å². The Morgan fingerprint density at radius 3 is 2.78 bits per heavy atom. The topological polar surface area (TPSA) is 38.3 Å². The zero-order valence-electron chi connectivity index (χ0n) is 14.4. The zero-order valence-corrected chi connectivity index (χ0v) is 14.4. The highest BCUT2D eigenvalue weighted by molar-refractivity contribution is 5.87. The number of ether oxygens (including phenoxy) is 1. The maximum Gasteiger partial charge on any atom is 0.244 e. The van der Waals surface area contributed by atoms with E-state index in [-0.39, 0.29) is 5.91 Å². The molecule has 1 N–H and O–H groups in total. The van der Waals surface area contributed by atoms with Crippen molar-refractivity contribution >= 4 is 5.91 Å². The summed E-state index contributed by atoms with van der Waals surface area (Å²) in [5, 5.41) is 2.86. The number of allylic oxidation sites excluding steroid dienone is 3. The number of unbranched alkanes of at least 4 members (excludes halogenated alkanes) is 5. The highest BCUT2D eigenvalue weighted by Crippen LogP contribution is 2.12. The number of benzene rings is 1. The first-order chi connectivity index (χ1) is 11.3. The summed E-state index contributed by atoms with van der Waals surface area (Å²) in [6.45, 7) is 2.73. The number of nitrogens with one attached hydrogen (secondary N) is 1. The van der Waals surface area contributed by atoms with Crippen LogP contribution in [0, 0.1) is 0 Å². The van der Waals surface area contributed by atoms with Gasteiger partial charge in [-0.2, -0.15) is 0 Å². The molecule has 3 nitrogen and oxygen atoms in total. The Morgan fingerprint density at radius 1 is 1.17 bits per heavy atom. The number of carbonyl (C=O) groups is 1. The fourth-order valence-corrected chi connectivity index (χ4v) is 2.21. The molecule has 0 aliphatic carbocycles. The first kappa shape index (κ1) is 19.0. The average Bonchev–Trinajstić information content (AvgIpc) is 2.58. The zero-order chi connectivity index (χ0) is 16.8. The molecular weight excluding hydrogens is 286 g/mol. The average molecular weight is 315 g/mol. The number of carbonyl (C=O) groups excluding carboxylic acids is 1. The summed E-state index contributed by atoms with van der Waals surface area (Å²) in [6, 6.07) is 7.69. The molecule has 0 aliphatic heterocycles. The summed E-state index contributed by atoms with van der Waals surface area (Å²) in [5.41, 5.74) is 1.02. The minimum Gasteiger partial charge on any atom is -0.497 e. The van der Waals surface area contributed by atoms with Crippen LogP contribution in [0.4, 0.5) is 0 Å². The minimum absolute atomic E-state index is 0.0829. The van der Waals surface area contributed by atoms with Crippen molar-refractivity contribution in [3.05, 3.63) is 54.1 Å². The van der Waals surface area contributed by atoms with Crippen molar-refractivity contribution in [3.63, 3.8) is 0 Å². The lowest BCUT2D eigenvalue weighted by molar-refractivity contribution is -0.116. The van der Waals surface area contributed by atoms with E-state index in [9.17, 15) is 4.79 Å². The number of methoxy groups -OCH3 is 1. The monoisotopic (exact) mass is 315 g/mol. The third-order valence-corrected chi connectivity index (χ3v) is 3.57. The van der Waals surface area contributed by atoms with Crippen LogP contribution in [0.3, 0.4) is 0 Å². The maximum absolute atomic E-state index is 11.7. The Hall–Kier alpha value is -2.03. The minimum atomic E-state index is -0.0829. The summed E-state index contributed by atoms with van der Waals surface area (Å²) in [4.78, 5) is 11.7. The van der Waals surface area contributed by atoms with Gasteiger partial charge in [0.2, 0.25) is 5.91 Å². The number of amides is 1. The Balaban J connectivity index is 2.17. The standard InChI is InChI=1S/C20H29NO2/c1-3-4-5-6-7-8-9-10-11-15-20(22)21-17-18-13-12-14-19(16-18)23-2/h9-16H,3-8,17H2,1-2H3,(H,21,22)/b10-9+,15-11+. The second kappa shape index (κ2) is 12.5. The molecule has 23 heavy (non-hydrogen) atoms. The van der Waals surface area contributed by atoms with Gasteiger partial charge in [-0.25, -0.2) is 0 Å². The molecule has 0 fully saturated rings. The molecule has 0 atom stereocenters. The lowest BCUT2D eigenvalue weighted by Gasteiger charge is -2.04. The smallest absolute Gasteiger partial charge is 0.244 e. The van der Waals surface area contributed by atoms with Gasteiger partial charge in [0, 0.05) is 12.6 Å². The van der Waals surface area contributed by atoms with Crippen LogP contribution in [0.2, 0.25) is 0 Å². The van der Waals surface area contributed by atoms with Crippen molar-refractivity contribution < 1.29 is 9.53 Å². The highest BCUT2D eigenvalue weighted by Gasteiger charge is 1.98. The first-order valence-electron chi connectivity index (χ1n) is 8.50. The van der Waals surface area contributed by atoms with E-state index >= 15 is 0 Å². The quantitative estimate of drug-likeness (QED) is 0.362. The van der Waals surface area contributed by atoms with Gasteiger partial charge in [0.15, 0.2) is 0 Å². The van der Waals surface area contributed by atoms with Gasteiger partial charge in [0.1, 0.15) is 5.75 Å². The molecule has 0 bridgehead atoms. The Bertz CT molecular complexity index is 506. The molecule has 1 amide bonds. The summed E-state index contributed by atoms with van der Waals surface area (Å²) in [5.74, 6) is 0.717. The fraction of sp³-hybridized carbons (Fsp3) is 0.450. The molecule has 126 valence electrons. The van der Waals surface area contributed by atoms with Crippen LogP contribution in [-0.4, -0.2) is 13.0 Å². The van der Waals surface area contributed by atoms with E-state index < -0.39 is 0 Å². The molecule has 0 radical (unpaired) electrons. The van der Waals surface area contributed by atoms with Crippen molar-refractivity contribution in [2.45, 2.75) is 52.0 Å². The van der Waals surface area contributed by atoms with Crippen LogP contribution in [-0.2, 0) is 11.3 Å².